The Morgan fingerprint density at radius 2 is 1.88 bits per heavy atom. The van der Waals surface area contributed by atoms with E-state index in [1.165, 1.54) is 0 Å². The number of amides is 1. The minimum atomic E-state index is -1.19. The Labute approximate surface area is 98.4 Å². The lowest BCUT2D eigenvalue weighted by Crippen LogP contribution is -2.26. The van der Waals surface area contributed by atoms with Crippen LogP contribution in [0.4, 0.5) is 0 Å². The molecule has 0 spiro atoms. The van der Waals surface area contributed by atoms with Crippen molar-refractivity contribution in [3.05, 3.63) is 48.0 Å². The van der Waals surface area contributed by atoms with Crippen LogP contribution in [0, 0.1) is 0 Å². The number of nitrogens with one attached hydrogen (secondary N) is 1. The number of benzene rings is 1. The molecule has 0 aromatic heterocycles. The summed E-state index contributed by atoms with van der Waals surface area (Å²) in [5, 5.41) is 20.4. The summed E-state index contributed by atoms with van der Waals surface area (Å²) in [6.45, 7) is 0.0345. The first-order valence-electron chi connectivity index (χ1n) is 5.01. The second kappa shape index (κ2) is 6.44. The number of rotatable bonds is 5. The van der Waals surface area contributed by atoms with Crippen LogP contribution in [0.2, 0.25) is 0 Å². The molecule has 1 rings (SSSR count). The Balaban J connectivity index is 2.41. The molecule has 1 atom stereocenters. The maximum atomic E-state index is 11.1. The number of aliphatic carboxylic acids is 1. The molecule has 0 radical (unpaired) electrons. The van der Waals surface area contributed by atoms with Crippen LogP contribution in [-0.2, 0) is 9.59 Å². The van der Waals surface area contributed by atoms with E-state index in [-0.39, 0.29) is 6.54 Å². The van der Waals surface area contributed by atoms with E-state index in [2.05, 4.69) is 5.32 Å². The first-order valence-corrected chi connectivity index (χ1v) is 5.01. The van der Waals surface area contributed by atoms with Crippen LogP contribution in [0.25, 0.3) is 0 Å². The van der Waals surface area contributed by atoms with Crippen molar-refractivity contribution in [2.45, 2.75) is 6.10 Å². The summed E-state index contributed by atoms with van der Waals surface area (Å²) in [6, 6.07) is 8.87. The molecule has 0 fully saturated rings. The fourth-order valence-corrected chi connectivity index (χ4v) is 1.20. The van der Waals surface area contributed by atoms with E-state index >= 15 is 0 Å². The van der Waals surface area contributed by atoms with Crippen molar-refractivity contribution >= 4 is 11.9 Å². The van der Waals surface area contributed by atoms with Crippen molar-refractivity contribution in [2.75, 3.05) is 6.54 Å². The molecule has 0 aliphatic heterocycles. The molecular weight excluding hydrogens is 222 g/mol. The predicted molar refractivity (Wildman–Crippen MR) is 61.2 cm³/mol. The van der Waals surface area contributed by atoms with Gasteiger partial charge in [-0.05, 0) is 5.56 Å². The van der Waals surface area contributed by atoms with E-state index in [0.29, 0.717) is 5.56 Å². The Kier molecular flexibility index (Phi) is 4.90. The molecule has 0 saturated carbocycles. The standard InChI is InChI=1S/C12H13NO4/c14-10(9-4-2-1-3-5-9)8-13-11(15)6-7-12(16)17/h1-7,10,14H,8H2,(H,13,15)(H,16,17)/b7-6-. The minimum Gasteiger partial charge on any atom is -0.478 e. The zero-order valence-corrected chi connectivity index (χ0v) is 9.04. The number of carbonyl (C=O) groups is 2. The molecule has 3 N–H and O–H groups in total. The SMILES string of the molecule is O=C(O)/C=C\C(=O)NCC(O)c1ccccc1. The molecule has 17 heavy (non-hydrogen) atoms. The van der Waals surface area contributed by atoms with Crippen LogP contribution in [-0.4, -0.2) is 28.6 Å². The zero-order chi connectivity index (χ0) is 12.7. The molecule has 90 valence electrons. The maximum Gasteiger partial charge on any atom is 0.328 e. The normalized spacial score (nSPS) is 12.3. The van der Waals surface area contributed by atoms with Crippen molar-refractivity contribution in [1.29, 1.82) is 0 Å². The summed E-state index contributed by atoms with van der Waals surface area (Å²) in [5.41, 5.74) is 0.690. The number of carboxylic acids is 1. The van der Waals surface area contributed by atoms with Gasteiger partial charge >= 0.3 is 5.97 Å². The van der Waals surface area contributed by atoms with Crippen molar-refractivity contribution in [3.8, 4) is 0 Å². The first kappa shape index (κ1) is 12.9. The Morgan fingerprint density at radius 3 is 2.47 bits per heavy atom. The van der Waals surface area contributed by atoms with Crippen LogP contribution in [0.3, 0.4) is 0 Å². The van der Waals surface area contributed by atoms with Crippen LogP contribution < -0.4 is 5.32 Å². The van der Waals surface area contributed by atoms with E-state index in [9.17, 15) is 14.7 Å². The lowest BCUT2D eigenvalue weighted by molar-refractivity contribution is -0.131. The quantitative estimate of drug-likeness (QED) is 0.648. The third-order valence-electron chi connectivity index (χ3n) is 2.03. The minimum absolute atomic E-state index is 0.0345. The number of hydrogen-bond acceptors (Lipinski definition) is 3. The molecule has 1 unspecified atom stereocenters. The monoisotopic (exact) mass is 235 g/mol. The van der Waals surface area contributed by atoms with E-state index in [0.717, 1.165) is 12.2 Å². The third kappa shape index (κ3) is 4.94. The van der Waals surface area contributed by atoms with Crippen LogP contribution >= 0.6 is 0 Å². The Bertz CT molecular complexity index is 414. The molecule has 0 aliphatic carbocycles. The molecule has 5 heteroatoms. The topological polar surface area (TPSA) is 86.6 Å². The fraction of sp³-hybridized carbons (Fsp3) is 0.167. The van der Waals surface area contributed by atoms with E-state index in [1.54, 1.807) is 24.3 Å². The van der Waals surface area contributed by atoms with Gasteiger partial charge in [0.05, 0.1) is 6.10 Å². The Morgan fingerprint density at radius 1 is 1.24 bits per heavy atom. The van der Waals surface area contributed by atoms with Crippen molar-refractivity contribution < 1.29 is 19.8 Å². The van der Waals surface area contributed by atoms with Gasteiger partial charge in [-0.15, -0.1) is 0 Å². The van der Waals surface area contributed by atoms with Gasteiger partial charge in [-0.3, -0.25) is 4.79 Å². The molecule has 0 bridgehead atoms. The summed E-state index contributed by atoms with van der Waals surface area (Å²) in [6.07, 6.45) is 0.836. The lowest BCUT2D eigenvalue weighted by atomic mass is 10.1. The van der Waals surface area contributed by atoms with Gasteiger partial charge in [-0.2, -0.15) is 0 Å². The van der Waals surface area contributed by atoms with Gasteiger partial charge in [0.2, 0.25) is 5.91 Å². The predicted octanol–water partition coefficient (Wildman–Crippen LogP) is 0.477. The fourth-order valence-electron chi connectivity index (χ4n) is 1.20. The van der Waals surface area contributed by atoms with Gasteiger partial charge in [0, 0.05) is 18.7 Å². The number of aliphatic hydroxyl groups is 1. The molecule has 1 amide bonds. The van der Waals surface area contributed by atoms with Gasteiger partial charge in [0.25, 0.3) is 0 Å². The number of hydrogen-bond donors (Lipinski definition) is 3. The molecule has 1 aromatic rings. The molecule has 0 saturated heterocycles. The highest BCUT2D eigenvalue weighted by atomic mass is 16.4. The third-order valence-corrected chi connectivity index (χ3v) is 2.03. The van der Waals surface area contributed by atoms with Crippen LogP contribution in [0.15, 0.2) is 42.5 Å². The van der Waals surface area contributed by atoms with Crippen molar-refractivity contribution in [3.63, 3.8) is 0 Å². The summed E-state index contributed by atoms with van der Waals surface area (Å²) in [7, 11) is 0. The average molecular weight is 235 g/mol. The van der Waals surface area contributed by atoms with E-state index in [4.69, 9.17) is 5.11 Å². The first-order chi connectivity index (χ1) is 8.09. The summed E-state index contributed by atoms with van der Waals surface area (Å²) >= 11 is 0. The van der Waals surface area contributed by atoms with Crippen molar-refractivity contribution in [1.82, 2.24) is 5.32 Å². The van der Waals surface area contributed by atoms with Crippen molar-refractivity contribution in [2.24, 2.45) is 0 Å². The van der Waals surface area contributed by atoms with E-state index < -0.39 is 18.0 Å². The Hall–Kier alpha value is -2.14. The summed E-state index contributed by atoms with van der Waals surface area (Å²) < 4.78 is 0. The van der Waals surface area contributed by atoms with Gasteiger partial charge in [0.1, 0.15) is 0 Å². The molecule has 0 aliphatic rings. The number of carbonyl (C=O) groups excluding carboxylic acids is 1. The molecule has 5 nitrogen and oxygen atoms in total. The second-order valence-corrected chi connectivity index (χ2v) is 3.34. The second-order valence-electron chi connectivity index (χ2n) is 3.34. The number of aliphatic hydroxyl groups excluding tert-OH is 1. The zero-order valence-electron chi connectivity index (χ0n) is 9.04. The average Bonchev–Trinajstić information content (AvgIpc) is 2.34. The highest BCUT2D eigenvalue weighted by Crippen LogP contribution is 2.10. The van der Waals surface area contributed by atoms with E-state index in [1.807, 2.05) is 6.07 Å². The lowest BCUT2D eigenvalue weighted by Gasteiger charge is -2.10. The molecule has 1 aromatic carbocycles. The van der Waals surface area contributed by atoms with Crippen LogP contribution in [0.5, 0.6) is 0 Å². The highest BCUT2D eigenvalue weighted by Gasteiger charge is 2.07. The van der Waals surface area contributed by atoms with Gasteiger partial charge in [-0.25, -0.2) is 4.79 Å². The smallest absolute Gasteiger partial charge is 0.328 e. The summed E-state index contributed by atoms with van der Waals surface area (Å²) in [5.74, 6) is -1.74. The summed E-state index contributed by atoms with van der Waals surface area (Å²) in [4.78, 5) is 21.3. The van der Waals surface area contributed by atoms with Gasteiger partial charge in [-0.1, -0.05) is 30.3 Å². The molecular formula is C12H13NO4. The van der Waals surface area contributed by atoms with Gasteiger partial charge in [0.15, 0.2) is 0 Å². The molecule has 0 heterocycles. The van der Waals surface area contributed by atoms with Gasteiger partial charge < -0.3 is 15.5 Å². The number of carboxylic acid groups (broad SMARTS) is 1. The highest BCUT2D eigenvalue weighted by molar-refractivity contribution is 5.93. The van der Waals surface area contributed by atoms with Crippen LogP contribution in [0.1, 0.15) is 11.7 Å². The largest absolute Gasteiger partial charge is 0.478 e. The maximum absolute atomic E-state index is 11.1.